The summed E-state index contributed by atoms with van der Waals surface area (Å²) in [5.41, 5.74) is 1.41. The van der Waals surface area contributed by atoms with Gasteiger partial charge in [0.25, 0.3) is 5.91 Å². The molecule has 0 spiro atoms. The Hall–Kier alpha value is -1.38. The van der Waals surface area contributed by atoms with Crippen LogP contribution in [0.3, 0.4) is 0 Å². The van der Waals surface area contributed by atoms with Crippen LogP contribution in [-0.2, 0) is 0 Å². The molecule has 1 aliphatic rings. The van der Waals surface area contributed by atoms with Crippen molar-refractivity contribution in [2.45, 2.75) is 39.2 Å². The molecule has 2 unspecified atom stereocenters. The summed E-state index contributed by atoms with van der Waals surface area (Å²) in [4.78, 5) is 16.1. The molecule has 3 nitrogen and oxygen atoms in total. The summed E-state index contributed by atoms with van der Waals surface area (Å²) >= 11 is 0. The molecule has 0 radical (unpaired) electrons. The number of pyridine rings is 1. The molecule has 86 valence electrons. The molecule has 2 rings (SSSR count). The molecule has 0 aliphatic heterocycles. The zero-order valence-electron chi connectivity index (χ0n) is 9.86. The molecule has 16 heavy (non-hydrogen) atoms. The number of hydrogen-bond donors (Lipinski definition) is 1. The Morgan fingerprint density at radius 1 is 1.44 bits per heavy atom. The summed E-state index contributed by atoms with van der Waals surface area (Å²) in [5.74, 6) is 0.693. The molecule has 0 bridgehead atoms. The molecule has 0 aromatic carbocycles. The van der Waals surface area contributed by atoms with E-state index in [1.807, 2.05) is 19.1 Å². The highest BCUT2D eigenvalue weighted by atomic mass is 16.1. The Labute approximate surface area is 96.3 Å². The summed E-state index contributed by atoms with van der Waals surface area (Å²) < 4.78 is 0. The quantitative estimate of drug-likeness (QED) is 0.827. The number of aryl methyl sites for hydroxylation is 1. The fraction of sp³-hybridized carbons (Fsp3) is 0.538. The van der Waals surface area contributed by atoms with Gasteiger partial charge in [-0.25, -0.2) is 4.98 Å². The van der Waals surface area contributed by atoms with E-state index in [1.54, 1.807) is 6.07 Å². The van der Waals surface area contributed by atoms with Crippen molar-refractivity contribution in [3.8, 4) is 0 Å². The maximum atomic E-state index is 11.9. The minimum absolute atomic E-state index is 0.0391. The van der Waals surface area contributed by atoms with E-state index in [2.05, 4.69) is 17.2 Å². The van der Waals surface area contributed by atoms with Crippen molar-refractivity contribution in [3.05, 3.63) is 29.6 Å². The highest BCUT2D eigenvalue weighted by Gasteiger charge is 2.23. The molecule has 1 saturated carbocycles. The van der Waals surface area contributed by atoms with E-state index < -0.39 is 0 Å². The first kappa shape index (κ1) is 11.1. The lowest BCUT2D eigenvalue weighted by molar-refractivity contribution is 0.0932. The predicted octanol–water partition coefficient (Wildman–Crippen LogP) is 2.31. The maximum absolute atomic E-state index is 11.9. The molecule has 1 N–H and O–H groups in total. The average Bonchev–Trinajstić information content (AvgIpc) is 2.64. The molecule has 1 heterocycles. The first-order chi connectivity index (χ1) is 7.65. The summed E-state index contributed by atoms with van der Waals surface area (Å²) in [6, 6.07) is 5.87. The monoisotopic (exact) mass is 218 g/mol. The number of nitrogens with one attached hydrogen (secondary N) is 1. The van der Waals surface area contributed by atoms with Gasteiger partial charge >= 0.3 is 0 Å². The van der Waals surface area contributed by atoms with Crippen LogP contribution >= 0.6 is 0 Å². The number of carbonyl (C=O) groups is 1. The number of amides is 1. The van der Waals surface area contributed by atoms with E-state index in [4.69, 9.17) is 0 Å². The molecule has 2 atom stereocenters. The molecule has 1 aromatic heterocycles. The van der Waals surface area contributed by atoms with E-state index in [9.17, 15) is 4.79 Å². The summed E-state index contributed by atoms with van der Waals surface area (Å²) in [5, 5.41) is 3.05. The fourth-order valence-corrected chi connectivity index (χ4v) is 2.27. The maximum Gasteiger partial charge on any atom is 0.270 e. The lowest BCUT2D eigenvalue weighted by Crippen LogP contribution is -2.33. The largest absolute Gasteiger partial charge is 0.348 e. The average molecular weight is 218 g/mol. The van der Waals surface area contributed by atoms with Crippen LogP contribution in [0.15, 0.2) is 18.2 Å². The molecule has 1 fully saturated rings. The molecular weight excluding hydrogens is 200 g/mol. The Morgan fingerprint density at radius 3 is 2.88 bits per heavy atom. The van der Waals surface area contributed by atoms with E-state index >= 15 is 0 Å². The zero-order valence-corrected chi connectivity index (χ0v) is 9.86. The van der Waals surface area contributed by atoms with Gasteiger partial charge in [-0.05, 0) is 44.2 Å². The number of hydrogen-bond acceptors (Lipinski definition) is 2. The zero-order chi connectivity index (χ0) is 11.5. The van der Waals surface area contributed by atoms with Crippen molar-refractivity contribution < 1.29 is 4.79 Å². The van der Waals surface area contributed by atoms with E-state index in [-0.39, 0.29) is 5.91 Å². The van der Waals surface area contributed by atoms with Crippen LogP contribution in [0.25, 0.3) is 0 Å². The normalized spacial score (nSPS) is 24.4. The molecule has 3 heteroatoms. The lowest BCUT2D eigenvalue weighted by Gasteiger charge is -2.12. The topological polar surface area (TPSA) is 42.0 Å². The Morgan fingerprint density at radius 2 is 2.25 bits per heavy atom. The summed E-state index contributed by atoms with van der Waals surface area (Å²) in [6.45, 7) is 4.13. The van der Waals surface area contributed by atoms with Gasteiger partial charge in [0.1, 0.15) is 5.69 Å². The van der Waals surface area contributed by atoms with Crippen molar-refractivity contribution in [2.75, 3.05) is 0 Å². The van der Waals surface area contributed by atoms with Crippen LogP contribution < -0.4 is 5.32 Å². The smallest absolute Gasteiger partial charge is 0.270 e. The van der Waals surface area contributed by atoms with Crippen LogP contribution in [0.4, 0.5) is 0 Å². The van der Waals surface area contributed by atoms with Crippen molar-refractivity contribution in [1.82, 2.24) is 10.3 Å². The van der Waals surface area contributed by atoms with Gasteiger partial charge in [-0.3, -0.25) is 4.79 Å². The molecule has 0 saturated heterocycles. The number of aromatic nitrogens is 1. The van der Waals surface area contributed by atoms with Gasteiger partial charge in [0, 0.05) is 11.7 Å². The second-order valence-corrected chi connectivity index (χ2v) is 4.75. The van der Waals surface area contributed by atoms with Gasteiger partial charge in [0.05, 0.1) is 0 Å². The first-order valence-corrected chi connectivity index (χ1v) is 5.89. The summed E-state index contributed by atoms with van der Waals surface area (Å²) in [6.07, 6.45) is 3.41. The molecular formula is C13H18N2O. The van der Waals surface area contributed by atoms with Gasteiger partial charge in [-0.2, -0.15) is 0 Å². The standard InChI is InChI=1S/C13H18N2O/c1-9-6-7-11(8-9)15-13(16)12-5-3-4-10(2)14-12/h3-5,9,11H,6-8H2,1-2H3,(H,15,16). The van der Waals surface area contributed by atoms with Gasteiger partial charge in [-0.15, -0.1) is 0 Å². The van der Waals surface area contributed by atoms with Crippen LogP contribution in [0.5, 0.6) is 0 Å². The van der Waals surface area contributed by atoms with Crippen LogP contribution in [0.2, 0.25) is 0 Å². The minimum atomic E-state index is -0.0391. The molecule has 1 aromatic rings. The number of carbonyl (C=O) groups excluding carboxylic acids is 1. The van der Waals surface area contributed by atoms with Crippen LogP contribution in [-0.4, -0.2) is 16.9 Å². The molecule has 1 aliphatic carbocycles. The van der Waals surface area contributed by atoms with E-state index in [0.29, 0.717) is 11.7 Å². The van der Waals surface area contributed by atoms with Crippen LogP contribution in [0, 0.1) is 12.8 Å². The third-order valence-corrected chi connectivity index (χ3v) is 3.15. The van der Waals surface area contributed by atoms with Crippen molar-refractivity contribution >= 4 is 5.91 Å². The van der Waals surface area contributed by atoms with Gasteiger partial charge in [0.15, 0.2) is 0 Å². The van der Waals surface area contributed by atoms with E-state index in [0.717, 1.165) is 24.5 Å². The van der Waals surface area contributed by atoms with E-state index in [1.165, 1.54) is 6.42 Å². The first-order valence-electron chi connectivity index (χ1n) is 5.89. The second kappa shape index (κ2) is 4.64. The molecule has 1 amide bonds. The predicted molar refractivity (Wildman–Crippen MR) is 63.2 cm³/mol. The Balaban J connectivity index is 1.98. The van der Waals surface area contributed by atoms with Gasteiger partial charge in [-0.1, -0.05) is 13.0 Å². The minimum Gasteiger partial charge on any atom is -0.348 e. The third kappa shape index (κ3) is 2.60. The van der Waals surface area contributed by atoms with Crippen molar-refractivity contribution in [3.63, 3.8) is 0 Å². The van der Waals surface area contributed by atoms with Gasteiger partial charge in [0.2, 0.25) is 0 Å². The Bertz CT molecular complexity index is 389. The van der Waals surface area contributed by atoms with Crippen molar-refractivity contribution in [2.24, 2.45) is 5.92 Å². The Kier molecular flexibility index (Phi) is 3.22. The lowest BCUT2D eigenvalue weighted by atomic mass is 10.1. The van der Waals surface area contributed by atoms with Crippen molar-refractivity contribution in [1.29, 1.82) is 0 Å². The SMILES string of the molecule is Cc1cccc(C(=O)NC2CCC(C)C2)n1. The second-order valence-electron chi connectivity index (χ2n) is 4.75. The van der Waals surface area contributed by atoms with Crippen LogP contribution in [0.1, 0.15) is 42.4 Å². The number of rotatable bonds is 2. The fourth-order valence-electron chi connectivity index (χ4n) is 2.27. The summed E-state index contributed by atoms with van der Waals surface area (Å²) in [7, 11) is 0. The van der Waals surface area contributed by atoms with Gasteiger partial charge < -0.3 is 5.32 Å². The third-order valence-electron chi connectivity index (χ3n) is 3.15. The highest BCUT2D eigenvalue weighted by molar-refractivity contribution is 5.92. The highest BCUT2D eigenvalue weighted by Crippen LogP contribution is 2.24. The number of nitrogens with zero attached hydrogens (tertiary/aromatic N) is 1.